The summed E-state index contributed by atoms with van der Waals surface area (Å²) >= 11 is 0. The van der Waals surface area contributed by atoms with E-state index in [1.54, 1.807) is 52.0 Å². The Morgan fingerprint density at radius 2 is 1.14 bits per heavy atom. The van der Waals surface area contributed by atoms with Gasteiger partial charge in [0.2, 0.25) is 82.7 Å². The van der Waals surface area contributed by atoms with Gasteiger partial charge in [0.05, 0.1) is 37.8 Å². The zero-order valence-electron chi connectivity index (χ0n) is 60.7. The van der Waals surface area contributed by atoms with Crippen LogP contribution in [0.25, 0.3) is 10.9 Å². The first-order valence-corrected chi connectivity index (χ1v) is 37.2. The molecule has 27 N–H and O–H groups in total. The third kappa shape index (κ3) is 28.1. The number of aliphatic carboxylic acids is 1. The number of primary amides is 2. The fraction of sp³-hybridized carbons (Fsp3) is 0.545. The minimum atomic E-state index is -2.04. The monoisotopic (exact) mass is 1550 g/mol. The Labute approximate surface area is 628 Å². The summed E-state index contributed by atoms with van der Waals surface area (Å²) in [5.41, 5.74) is 30.2. The van der Waals surface area contributed by atoms with Crippen molar-refractivity contribution in [3.8, 4) is 0 Å². The maximum absolute atomic E-state index is 14.9. The van der Waals surface area contributed by atoms with E-state index in [4.69, 9.17) is 28.7 Å². The van der Waals surface area contributed by atoms with Crippen LogP contribution in [0.4, 0.5) is 0 Å². The minimum absolute atomic E-state index is 0.0154. The van der Waals surface area contributed by atoms with E-state index in [1.165, 1.54) is 45.1 Å². The molecule has 0 saturated carbocycles. The van der Waals surface area contributed by atoms with Crippen molar-refractivity contribution < 1.29 is 82.1 Å². The van der Waals surface area contributed by atoms with Gasteiger partial charge < -0.3 is 118 Å². The topological polar surface area (TPSA) is 656 Å². The number of carboxylic acid groups (broad SMARTS) is 1. The highest BCUT2D eigenvalue weighted by Crippen LogP contribution is 2.25. The number of para-hydroxylation sites is 1. The number of aliphatic hydroxyl groups excluding tert-OH is 1. The molecule has 1 aliphatic rings. The number of aromatic nitrogens is 5. The highest BCUT2D eigenvalue weighted by atomic mass is 33.1. The number of nitrogens with one attached hydrogen (secondary N) is 15. The van der Waals surface area contributed by atoms with Crippen LogP contribution in [0, 0.1) is 17.8 Å². The van der Waals surface area contributed by atoms with Crippen LogP contribution in [-0.4, -0.2) is 233 Å². The summed E-state index contributed by atoms with van der Waals surface area (Å²) < 4.78 is 0. The molecular formula is C66H99N23O17S2. The van der Waals surface area contributed by atoms with E-state index in [2.05, 4.69) is 93.7 Å². The van der Waals surface area contributed by atoms with Crippen LogP contribution in [0.15, 0.2) is 60.5 Å². The number of carbonyl (C=O) groups is 15. The normalized spacial score (nSPS) is 23.2. The molecule has 108 heavy (non-hydrogen) atoms. The quantitative estimate of drug-likeness (QED) is 0.0127. The van der Waals surface area contributed by atoms with Crippen molar-refractivity contribution in [2.24, 2.45) is 51.4 Å². The SMILES string of the molecule is CCC(C)C(N)C(=O)NC1CSSCC(C(=O)NC(C(N)=O)C(C)O)NC(=O)C(CCCN=C(N)N)NC(=O)C(Cc2cnc[nH]2)NC(=O)C(Cc2cnc[nH]2)NC(=O)CNC(=O)C(Cc2c[nH]c3ccccc23)NC(=O)C(CC(=O)O)NC(=O)C(CCC(N)=O)NC(=O)C(C(C)C)NC(=O)C(C(C)C)NC1=O. The predicted molar refractivity (Wildman–Crippen MR) is 394 cm³/mol. The third-order valence-corrected chi connectivity index (χ3v) is 19.7. The number of aliphatic imine (C=N–C) groups is 1. The number of fused-ring (bicyclic) bond motifs is 1. The molecule has 1 aliphatic heterocycles. The Bertz CT molecular complexity index is 3820. The van der Waals surface area contributed by atoms with E-state index < -0.39 is 217 Å². The number of nitrogens with two attached hydrogens (primary N) is 5. The highest BCUT2D eigenvalue weighted by Gasteiger charge is 2.39. The first-order chi connectivity index (χ1) is 51.1. The number of hydrogen-bond donors (Lipinski definition) is 22. The smallest absolute Gasteiger partial charge is 0.305 e. The van der Waals surface area contributed by atoms with Crippen molar-refractivity contribution in [3.63, 3.8) is 0 Å². The van der Waals surface area contributed by atoms with Gasteiger partial charge in [-0.2, -0.15) is 0 Å². The predicted octanol–water partition coefficient (Wildman–Crippen LogP) is -6.17. The lowest BCUT2D eigenvalue weighted by Crippen LogP contribution is -2.62. The second-order valence-corrected chi connectivity index (χ2v) is 29.1. The number of nitrogens with zero attached hydrogens (tertiary/aromatic N) is 3. The minimum Gasteiger partial charge on any atom is -0.481 e. The Morgan fingerprint density at radius 3 is 1.69 bits per heavy atom. The first-order valence-electron chi connectivity index (χ1n) is 34.7. The summed E-state index contributed by atoms with van der Waals surface area (Å²) in [4.78, 5) is 232. The molecule has 592 valence electrons. The lowest BCUT2D eigenvalue weighted by molar-refractivity contribution is -0.141. The van der Waals surface area contributed by atoms with Crippen molar-refractivity contribution in [1.82, 2.24) is 88.7 Å². The van der Waals surface area contributed by atoms with Crippen LogP contribution in [0.3, 0.4) is 0 Å². The first kappa shape index (κ1) is 87.8. The zero-order chi connectivity index (χ0) is 80.1. The summed E-state index contributed by atoms with van der Waals surface area (Å²) in [5, 5.41) is 51.4. The molecule has 4 heterocycles. The van der Waals surface area contributed by atoms with Crippen molar-refractivity contribution >= 4 is 127 Å². The Balaban J connectivity index is 1.66. The van der Waals surface area contributed by atoms with Gasteiger partial charge in [-0.15, -0.1) is 0 Å². The maximum Gasteiger partial charge on any atom is 0.305 e. The molecule has 0 radical (unpaired) electrons. The standard InChI is InChI=1S/C66H99N23O17S2/c1-8-32(6)50(68)63(104)86-46-27-108-107-26-45(62(103)89-53(33(7)90)54(69)95)85-56(97)39(14-11-17-74-66(70)71)80-59(100)43(20-36-24-73-29-78-36)83-58(99)42(19-35-23-72-28-77-35)79-48(92)25-76-55(96)41(18-34-22-75-38-13-10-9-12-37(34)38)82-60(101)44(21-49(93)94)84-57(98)40(15-16-47(67)91)81-64(105)51(30(2)3)88-65(106)52(31(4)5)87-61(46)102/h9-10,12-13,22-24,28-33,39-46,50-53,75,90H,8,11,14-21,25-27,68H2,1-7H3,(H2,67,91)(H2,69,95)(H,72,77)(H,73,78)(H,76,96)(H,79,92)(H,80,100)(H,81,105)(H,82,101)(H,83,99)(H,84,98)(H,85,97)(H,86,104)(H,87,102)(H,88,106)(H,89,103)(H,93,94)(H4,70,71,74). The van der Waals surface area contributed by atoms with E-state index in [0.717, 1.165) is 28.5 Å². The van der Waals surface area contributed by atoms with Gasteiger partial charge in [-0.3, -0.25) is 76.9 Å². The summed E-state index contributed by atoms with van der Waals surface area (Å²) in [6.45, 7) is 9.74. The molecule has 40 nitrogen and oxygen atoms in total. The second kappa shape index (κ2) is 43.1. The van der Waals surface area contributed by atoms with Gasteiger partial charge in [0.15, 0.2) is 5.96 Å². The number of benzene rings is 1. The second-order valence-electron chi connectivity index (χ2n) is 26.5. The maximum atomic E-state index is 14.9. The lowest BCUT2D eigenvalue weighted by Gasteiger charge is -2.30. The molecule has 14 unspecified atom stereocenters. The van der Waals surface area contributed by atoms with Crippen LogP contribution in [0.5, 0.6) is 0 Å². The highest BCUT2D eigenvalue weighted by molar-refractivity contribution is 8.76. The van der Waals surface area contributed by atoms with Crippen LogP contribution in [-0.2, 0) is 91.2 Å². The van der Waals surface area contributed by atoms with E-state index in [0.29, 0.717) is 22.9 Å². The van der Waals surface area contributed by atoms with Crippen LogP contribution in [0.1, 0.15) is 104 Å². The van der Waals surface area contributed by atoms with Crippen LogP contribution >= 0.6 is 21.6 Å². The average Bonchev–Trinajstić information content (AvgIpc) is 1.65. The van der Waals surface area contributed by atoms with Crippen LogP contribution in [0.2, 0.25) is 0 Å². The third-order valence-electron chi connectivity index (χ3n) is 17.3. The van der Waals surface area contributed by atoms with E-state index in [9.17, 15) is 82.1 Å². The molecule has 42 heteroatoms. The number of hydrogen-bond acceptors (Lipinski definition) is 22. The summed E-state index contributed by atoms with van der Waals surface area (Å²) in [5.74, 6) is -19.4. The Hall–Kier alpha value is -10.9. The fourth-order valence-corrected chi connectivity index (χ4v) is 13.2. The lowest BCUT2D eigenvalue weighted by atomic mass is 9.98. The summed E-state index contributed by atoms with van der Waals surface area (Å²) in [6.07, 6.45) is 2.04. The number of imidazole rings is 2. The van der Waals surface area contributed by atoms with Gasteiger partial charge in [0.1, 0.15) is 66.5 Å². The average molecular weight is 1550 g/mol. The Kier molecular flexibility index (Phi) is 35.0. The van der Waals surface area contributed by atoms with Crippen molar-refractivity contribution in [3.05, 3.63) is 72.5 Å². The van der Waals surface area contributed by atoms with E-state index in [1.807, 2.05) is 0 Å². The number of H-pyrrole nitrogens is 3. The van der Waals surface area contributed by atoms with Crippen molar-refractivity contribution in [2.45, 2.75) is 185 Å². The largest absolute Gasteiger partial charge is 0.481 e. The van der Waals surface area contributed by atoms with Gasteiger partial charge in [-0.25, -0.2) is 9.97 Å². The molecule has 1 aromatic carbocycles. The molecule has 0 spiro atoms. The van der Waals surface area contributed by atoms with E-state index >= 15 is 0 Å². The molecule has 0 aliphatic carbocycles. The van der Waals surface area contributed by atoms with Crippen molar-refractivity contribution in [2.75, 3.05) is 24.6 Å². The Morgan fingerprint density at radius 1 is 0.620 bits per heavy atom. The molecule has 4 aromatic rings. The molecular weight excluding hydrogens is 1450 g/mol. The zero-order valence-corrected chi connectivity index (χ0v) is 62.3. The molecule has 5 rings (SSSR count). The van der Waals surface area contributed by atoms with Gasteiger partial charge in [0, 0.05) is 84.6 Å². The number of carboxylic acids is 1. The number of aromatic amines is 3. The van der Waals surface area contributed by atoms with Crippen LogP contribution < -0.4 is 92.5 Å². The van der Waals surface area contributed by atoms with Gasteiger partial charge >= 0.3 is 5.97 Å². The van der Waals surface area contributed by atoms with Gasteiger partial charge in [-0.1, -0.05) is 87.8 Å². The number of amides is 14. The number of rotatable bonds is 25. The molecule has 1 saturated heterocycles. The number of guanidine groups is 1. The van der Waals surface area contributed by atoms with E-state index in [-0.39, 0.29) is 61.7 Å². The molecule has 1 fully saturated rings. The van der Waals surface area contributed by atoms with Gasteiger partial charge in [-0.05, 0) is 55.6 Å². The molecule has 14 atom stereocenters. The summed E-state index contributed by atoms with van der Waals surface area (Å²) in [7, 11) is 1.71. The molecule has 0 bridgehead atoms. The van der Waals surface area contributed by atoms with Crippen molar-refractivity contribution in [1.29, 1.82) is 0 Å². The summed E-state index contributed by atoms with van der Waals surface area (Å²) in [6, 6.07) is -12.7. The fourth-order valence-electron chi connectivity index (χ4n) is 10.9. The number of aliphatic hydroxyl groups is 1. The molecule has 3 aromatic heterocycles. The molecule has 14 amide bonds. The van der Waals surface area contributed by atoms with Gasteiger partial charge in [0.25, 0.3) is 0 Å². The number of carbonyl (C=O) groups excluding carboxylic acids is 14.